The first-order valence-electron chi connectivity index (χ1n) is 9.67. The number of nitrogens with zero attached hydrogens (tertiary/aromatic N) is 1. The highest BCUT2D eigenvalue weighted by molar-refractivity contribution is 14.0. The van der Waals surface area contributed by atoms with Crippen LogP contribution in [0.1, 0.15) is 31.7 Å². The zero-order valence-corrected chi connectivity index (χ0v) is 20.5. The van der Waals surface area contributed by atoms with Crippen molar-refractivity contribution in [2.45, 2.75) is 32.7 Å². The van der Waals surface area contributed by atoms with Crippen LogP contribution in [0.25, 0.3) is 0 Å². The van der Waals surface area contributed by atoms with Gasteiger partial charge in [-0.2, -0.15) is 0 Å². The molecule has 0 aromatic heterocycles. The maximum atomic E-state index is 12.1. The largest absolute Gasteiger partial charge is 0.493 e. The predicted octanol–water partition coefficient (Wildman–Crippen LogP) is 2.10. The van der Waals surface area contributed by atoms with E-state index in [-0.39, 0.29) is 36.3 Å². The summed E-state index contributed by atoms with van der Waals surface area (Å²) in [5, 5.41) is 6.20. The molecule has 1 aliphatic rings. The third kappa shape index (κ3) is 8.95. The fraction of sp³-hybridized carbons (Fsp3) is 0.632. The molecule has 8 nitrogen and oxygen atoms in total. The van der Waals surface area contributed by atoms with Crippen LogP contribution < -0.4 is 24.8 Å². The summed E-state index contributed by atoms with van der Waals surface area (Å²) in [5.74, 6) is 2.41. The lowest BCUT2D eigenvalue weighted by Crippen LogP contribution is -2.42. The summed E-state index contributed by atoms with van der Waals surface area (Å²) >= 11 is 0. The number of ether oxygens (including phenoxy) is 2. The molecule has 0 radical (unpaired) electrons. The van der Waals surface area contributed by atoms with Crippen LogP contribution in [0.5, 0.6) is 11.5 Å². The van der Waals surface area contributed by atoms with Crippen molar-refractivity contribution >= 4 is 40.0 Å². The Bertz CT molecular complexity index is 755. The molecule has 0 amide bonds. The van der Waals surface area contributed by atoms with E-state index < -0.39 is 10.0 Å². The van der Waals surface area contributed by atoms with Gasteiger partial charge >= 0.3 is 0 Å². The van der Waals surface area contributed by atoms with Gasteiger partial charge in [0.15, 0.2) is 17.5 Å². The van der Waals surface area contributed by atoms with Crippen molar-refractivity contribution in [1.29, 1.82) is 0 Å². The van der Waals surface area contributed by atoms with Gasteiger partial charge in [0.1, 0.15) is 0 Å². The maximum absolute atomic E-state index is 12.1. The molecule has 0 unspecified atom stereocenters. The minimum Gasteiger partial charge on any atom is -0.493 e. The van der Waals surface area contributed by atoms with E-state index in [9.17, 15) is 8.42 Å². The minimum atomic E-state index is -3.27. The van der Waals surface area contributed by atoms with E-state index in [1.807, 2.05) is 25.1 Å². The van der Waals surface area contributed by atoms with E-state index in [0.29, 0.717) is 43.0 Å². The van der Waals surface area contributed by atoms with E-state index >= 15 is 0 Å². The normalized spacial score (nSPS) is 14.5. The summed E-state index contributed by atoms with van der Waals surface area (Å²) in [7, 11) is -0.0845. The number of methoxy groups -OCH3 is 2. The first-order chi connectivity index (χ1) is 13.5. The molecule has 10 heteroatoms. The zero-order chi connectivity index (χ0) is 20.4. The van der Waals surface area contributed by atoms with Crippen LogP contribution in [-0.4, -0.2) is 54.0 Å². The topological polar surface area (TPSA) is 101 Å². The SMILES string of the molecule is CCNC(=NCc1ccc(OC)c(OC)c1)NCCS(=O)(=O)NCC1CCC1.I. The number of aliphatic imine (C=N–C) groups is 1. The van der Waals surface area contributed by atoms with Crippen molar-refractivity contribution in [3.05, 3.63) is 23.8 Å². The Morgan fingerprint density at radius 2 is 1.90 bits per heavy atom. The Hall–Kier alpha value is -1.27. The highest BCUT2D eigenvalue weighted by atomic mass is 127. The third-order valence-electron chi connectivity index (χ3n) is 4.69. The number of sulfonamides is 1. The molecule has 0 heterocycles. The molecule has 29 heavy (non-hydrogen) atoms. The number of benzene rings is 1. The van der Waals surface area contributed by atoms with E-state index in [1.165, 1.54) is 6.42 Å². The molecule has 1 aromatic carbocycles. The lowest BCUT2D eigenvalue weighted by Gasteiger charge is -2.25. The number of guanidine groups is 1. The van der Waals surface area contributed by atoms with Crippen molar-refractivity contribution in [2.75, 3.05) is 39.6 Å². The first-order valence-corrected chi connectivity index (χ1v) is 11.3. The van der Waals surface area contributed by atoms with Crippen LogP contribution >= 0.6 is 24.0 Å². The van der Waals surface area contributed by atoms with Gasteiger partial charge < -0.3 is 20.1 Å². The average molecular weight is 540 g/mol. The van der Waals surface area contributed by atoms with Crippen molar-refractivity contribution in [3.63, 3.8) is 0 Å². The Labute approximate surface area is 191 Å². The van der Waals surface area contributed by atoms with E-state index in [2.05, 4.69) is 20.3 Å². The van der Waals surface area contributed by atoms with Crippen LogP contribution in [-0.2, 0) is 16.6 Å². The number of nitrogens with one attached hydrogen (secondary N) is 3. The smallest absolute Gasteiger partial charge is 0.213 e. The zero-order valence-electron chi connectivity index (χ0n) is 17.4. The highest BCUT2D eigenvalue weighted by Crippen LogP contribution is 2.27. The fourth-order valence-corrected chi connectivity index (χ4v) is 3.81. The molecule has 166 valence electrons. The number of halogens is 1. The maximum Gasteiger partial charge on any atom is 0.213 e. The second-order valence-corrected chi connectivity index (χ2v) is 8.70. The van der Waals surface area contributed by atoms with E-state index in [1.54, 1.807) is 14.2 Å². The van der Waals surface area contributed by atoms with Gasteiger partial charge in [-0.1, -0.05) is 12.5 Å². The molecule has 0 atom stereocenters. The predicted molar refractivity (Wildman–Crippen MR) is 127 cm³/mol. The molecule has 0 saturated heterocycles. The Kier molecular flexibility index (Phi) is 11.7. The molecule has 1 saturated carbocycles. The Balaban J connectivity index is 0.00000420. The van der Waals surface area contributed by atoms with Crippen LogP contribution in [0.4, 0.5) is 0 Å². The lowest BCUT2D eigenvalue weighted by molar-refractivity contribution is 0.316. The standard InChI is InChI=1S/C19H32N4O4S.HI/c1-4-20-19(21-10-11-28(24,25)23-14-15-6-5-7-15)22-13-16-8-9-17(26-2)18(12-16)27-3;/h8-9,12,15,23H,4-7,10-11,13-14H2,1-3H3,(H2,20,21,22);1H. The highest BCUT2D eigenvalue weighted by Gasteiger charge is 2.20. The number of hydrogen-bond acceptors (Lipinski definition) is 5. The van der Waals surface area contributed by atoms with Crippen molar-refractivity contribution in [1.82, 2.24) is 15.4 Å². The third-order valence-corrected chi connectivity index (χ3v) is 6.04. The number of rotatable bonds is 11. The monoisotopic (exact) mass is 540 g/mol. The van der Waals surface area contributed by atoms with Crippen LogP contribution in [0, 0.1) is 5.92 Å². The van der Waals surface area contributed by atoms with Crippen LogP contribution in [0.3, 0.4) is 0 Å². The quantitative estimate of drug-likeness (QED) is 0.226. The lowest BCUT2D eigenvalue weighted by atomic mass is 9.86. The van der Waals surface area contributed by atoms with E-state index in [0.717, 1.165) is 18.4 Å². The van der Waals surface area contributed by atoms with Gasteiger partial charge in [-0.3, -0.25) is 0 Å². The van der Waals surface area contributed by atoms with Gasteiger partial charge in [-0.05, 0) is 43.4 Å². The molecule has 3 N–H and O–H groups in total. The molecular weight excluding hydrogens is 507 g/mol. The van der Waals surface area contributed by atoms with Gasteiger partial charge in [0.2, 0.25) is 10.0 Å². The molecule has 0 spiro atoms. The van der Waals surface area contributed by atoms with Crippen LogP contribution in [0.15, 0.2) is 23.2 Å². The Morgan fingerprint density at radius 3 is 2.48 bits per heavy atom. The summed E-state index contributed by atoms with van der Waals surface area (Å²) in [6.45, 7) is 3.92. The van der Waals surface area contributed by atoms with Crippen molar-refractivity contribution in [2.24, 2.45) is 10.9 Å². The van der Waals surface area contributed by atoms with Crippen molar-refractivity contribution < 1.29 is 17.9 Å². The summed E-state index contributed by atoms with van der Waals surface area (Å²) < 4.78 is 37.4. The first kappa shape index (κ1) is 25.8. The summed E-state index contributed by atoms with van der Waals surface area (Å²) in [6.07, 6.45) is 3.44. The summed E-state index contributed by atoms with van der Waals surface area (Å²) in [6, 6.07) is 5.63. The summed E-state index contributed by atoms with van der Waals surface area (Å²) in [5.41, 5.74) is 0.963. The van der Waals surface area contributed by atoms with Gasteiger partial charge in [0, 0.05) is 19.6 Å². The molecule has 1 aromatic rings. The minimum absolute atomic E-state index is 0. The summed E-state index contributed by atoms with van der Waals surface area (Å²) in [4.78, 5) is 4.51. The van der Waals surface area contributed by atoms with Crippen molar-refractivity contribution in [3.8, 4) is 11.5 Å². The molecule has 2 rings (SSSR count). The number of hydrogen-bond donors (Lipinski definition) is 3. The van der Waals surface area contributed by atoms with E-state index in [4.69, 9.17) is 9.47 Å². The average Bonchev–Trinajstić information content (AvgIpc) is 2.64. The Morgan fingerprint density at radius 1 is 1.17 bits per heavy atom. The van der Waals surface area contributed by atoms with Crippen LogP contribution in [0.2, 0.25) is 0 Å². The fourth-order valence-electron chi connectivity index (χ4n) is 2.81. The van der Waals surface area contributed by atoms with Gasteiger partial charge in [-0.15, -0.1) is 24.0 Å². The molecular formula is C19H33IN4O4S. The molecule has 1 fully saturated rings. The molecule has 0 aliphatic heterocycles. The van der Waals surface area contributed by atoms with Gasteiger partial charge in [0.25, 0.3) is 0 Å². The molecule has 1 aliphatic carbocycles. The second kappa shape index (κ2) is 13.1. The molecule has 0 bridgehead atoms. The second-order valence-electron chi connectivity index (χ2n) is 6.78. The van der Waals surface area contributed by atoms with Gasteiger partial charge in [0.05, 0.1) is 26.5 Å². The van der Waals surface area contributed by atoms with Gasteiger partial charge in [-0.25, -0.2) is 18.1 Å².